The normalized spacial score (nSPS) is 21.2. The molecule has 1 amide bonds. The van der Waals surface area contributed by atoms with Gasteiger partial charge in [-0.3, -0.25) is 14.5 Å². The molecule has 2 unspecified atom stereocenters. The van der Waals surface area contributed by atoms with E-state index in [2.05, 4.69) is 0 Å². The third-order valence-electron chi connectivity index (χ3n) is 5.90. The van der Waals surface area contributed by atoms with Gasteiger partial charge in [-0.25, -0.2) is 8.78 Å². The van der Waals surface area contributed by atoms with Crippen LogP contribution in [0.4, 0.5) is 14.5 Å². The van der Waals surface area contributed by atoms with Crippen LogP contribution in [0.5, 0.6) is 5.75 Å². The second kappa shape index (κ2) is 7.85. The van der Waals surface area contributed by atoms with E-state index in [9.17, 15) is 23.5 Å². The van der Waals surface area contributed by atoms with Crippen LogP contribution in [0.25, 0.3) is 5.76 Å². The van der Waals surface area contributed by atoms with E-state index in [1.165, 1.54) is 36.4 Å². The molecule has 0 saturated carbocycles. The number of Topliss-reactive ketones (excluding diaryl/α,β-unsaturated/α-hetero) is 1. The zero-order valence-corrected chi connectivity index (χ0v) is 17.6. The van der Waals surface area contributed by atoms with Crippen molar-refractivity contribution in [1.82, 2.24) is 0 Å². The molecule has 7 heteroatoms. The van der Waals surface area contributed by atoms with Gasteiger partial charge in [0.05, 0.1) is 11.6 Å². The quantitative estimate of drug-likeness (QED) is 0.352. The molecule has 2 heterocycles. The predicted molar refractivity (Wildman–Crippen MR) is 118 cm³/mol. The molecule has 2 atom stereocenters. The van der Waals surface area contributed by atoms with Gasteiger partial charge >= 0.3 is 0 Å². The van der Waals surface area contributed by atoms with Crippen LogP contribution in [0.3, 0.4) is 0 Å². The Hall–Kier alpha value is -4.00. The number of rotatable bonds is 3. The van der Waals surface area contributed by atoms with Crippen LogP contribution in [0, 0.1) is 11.6 Å². The Bertz CT molecular complexity index is 1330. The van der Waals surface area contributed by atoms with Gasteiger partial charge in [-0.05, 0) is 55.0 Å². The monoisotopic (exact) mass is 447 g/mol. The van der Waals surface area contributed by atoms with Crippen LogP contribution >= 0.6 is 0 Å². The zero-order chi connectivity index (χ0) is 23.3. The van der Waals surface area contributed by atoms with Gasteiger partial charge in [0.2, 0.25) is 0 Å². The summed E-state index contributed by atoms with van der Waals surface area (Å²) in [4.78, 5) is 27.2. The van der Waals surface area contributed by atoms with Crippen LogP contribution in [0.1, 0.15) is 29.7 Å². The minimum Gasteiger partial charge on any atom is -0.507 e. The van der Waals surface area contributed by atoms with Crippen molar-refractivity contribution in [2.45, 2.75) is 25.5 Å². The van der Waals surface area contributed by atoms with Crippen LogP contribution in [0.15, 0.2) is 72.3 Å². The van der Waals surface area contributed by atoms with Gasteiger partial charge in [-0.2, -0.15) is 0 Å². The Morgan fingerprint density at radius 3 is 2.58 bits per heavy atom. The van der Waals surface area contributed by atoms with Crippen molar-refractivity contribution in [3.05, 3.63) is 101 Å². The van der Waals surface area contributed by atoms with Crippen molar-refractivity contribution >= 4 is 23.1 Å². The molecule has 5 nitrogen and oxygen atoms in total. The van der Waals surface area contributed by atoms with Crippen LogP contribution in [-0.4, -0.2) is 22.9 Å². The SMILES string of the molecule is CC1Cc2cc(/C(O)=C3\C(=O)C(=O)N(c4cccc(F)c4)C3c3ccccc3F)ccc2O1. The average molecular weight is 447 g/mol. The van der Waals surface area contributed by atoms with E-state index in [-0.39, 0.29) is 22.9 Å². The van der Waals surface area contributed by atoms with Crippen molar-refractivity contribution in [1.29, 1.82) is 0 Å². The lowest BCUT2D eigenvalue weighted by Crippen LogP contribution is -2.30. The summed E-state index contributed by atoms with van der Waals surface area (Å²) in [6.45, 7) is 1.92. The fourth-order valence-electron chi connectivity index (χ4n) is 4.44. The molecular weight excluding hydrogens is 428 g/mol. The van der Waals surface area contributed by atoms with E-state index in [1.54, 1.807) is 24.3 Å². The standard InChI is InChI=1S/C26H19F2NO4/c1-14-11-16-12-15(9-10-21(16)33-14)24(30)22-23(19-7-2-3-8-20(19)28)29(26(32)25(22)31)18-6-4-5-17(27)13-18/h2-10,12-14,23,30H,11H2,1H3/b24-22+. The summed E-state index contributed by atoms with van der Waals surface area (Å²) < 4.78 is 34.5. The first-order valence-corrected chi connectivity index (χ1v) is 10.5. The molecule has 0 spiro atoms. The Balaban J connectivity index is 1.72. The van der Waals surface area contributed by atoms with Crippen LogP contribution in [-0.2, 0) is 16.0 Å². The van der Waals surface area contributed by atoms with Crippen LogP contribution in [0.2, 0.25) is 0 Å². The third kappa shape index (κ3) is 3.46. The van der Waals surface area contributed by atoms with Gasteiger partial charge in [-0.15, -0.1) is 0 Å². The molecule has 33 heavy (non-hydrogen) atoms. The lowest BCUT2D eigenvalue weighted by atomic mass is 9.94. The molecule has 0 aliphatic carbocycles. The number of ketones is 1. The third-order valence-corrected chi connectivity index (χ3v) is 5.90. The number of nitrogens with zero attached hydrogens (tertiary/aromatic N) is 1. The second-order valence-electron chi connectivity index (χ2n) is 8.13. The highest BCUT2D eigenvalue weighted by molar-refractivity contribution is 6.51. The minimum absolute atomic E-state index is 0.0145. The number of hydrogen-bond acceptors (Lipinski definition) is 4. The van der Waals surface area contributed by atoms with Gasteiger partial charge in [0.1, 0.15) is 29.2 Å². The van der Waals surface area contributed by atoms with Crippen molar-refractivity contribution in [2.24, 2.45) is 0 Å². The lowest BCUT2D eigenvalue weighted by Gasteiger charge is -2.25. The highest BCUT2D eigenvalue weighted by atomic mass is 19.1. The molecule has 1 saturated heterocycles. The maximum Gasteiger partial charge on any atom is 0.300 e. The lowest BCUT2D eigenvalue weighted by molar-refractivity contribution is -0.132. The first-order chi connectivity index (χ1) is 15.8. The minimum atomic E-state index is -1.27. The van der Waals surface area contributed by atoms with E-state index in [4.69, 9.17) is 4.74 Å². The van der Waals surface area contributed by atoms with Gasteiger partial charge in [-0.1, -0.05) is 24.3 Å². The fraction of sp³-hybridized carbons (Fsp3) is 0.154. The summed E-state index contributed by atoms with van der Waals surface area (Å²) in [5.41, 5.74) is 1.00. The Morgan fingerprint density at radius 2 is 1.82 bits per heavy atom. The summed E-state index contributed by atoms with van der Waals surface area (Å²) in [6.07, 6.45) is 0.611. The summed E-state index contributed by atoms with van der Waals surface area (Å²) in [5, 5.41) is 11.2. The van der Waals surface area contributed by atoms with Crippen molar-refractivity contribution < 1.29 is 28.2 Å². The molecule has 0 bridgehead atoms. The number of amides is 1. The van der Waals surface area contributed by atoms with E-state index in [0.717, 1.165) is 16.5 Å². The highest BCUT2D eigenvalue weighted by Gasteiger charge is 2.48. The number of halogens is 2. The van der Waals surface area contributed by atoms with E-state index >= 15 is 0 Å². The largest absolute Gasteiger partial charge is 0.507 e. The number of fused-ring (bicyclic) bond motifs is 1. The molecular formula is C26H19F2NO4. The number of hydrogen-bond donors (Lipinski definition) is 1. The van der Waals surface area contributed by atoms with E-state index in [1.807, 2.05) is 6.92 Å². The maximum absolute atomic E-state index is 14.9. The number of carbonyl (C=O) groups is 2. The molecule has 1 N–H and O–H groups in total. The number of ether oxygens (including phenoxy) is 1. The highest BCUT2D eigenvalue weighted by Crippen LogP contribution is 2.43. The smallest absolute Gasteiger partial charge is 0.300 e. The predicted octanol–water partition coefficient (Wildman–Crippen LogP) is 4.91. The van der Waals surface area contributed by atoms with Gasteiger partial charge < -0.3 is 9.84 Å². The Labute approximate surface area is 188 Å². The van der Waals surface area contributed by atoms with Gasteiger partial charge in [0.25, 0.3) is 11.7 Å². The first-order valence-electron chi connectivity index (χ1n) is 10.5. The Morgan fingerprint density at radius 1 is 1.03 bits per heavy atom. The molecule has 0 aromatic heterocycles. The van der Waals surface area contributed by atoms with Gasteiger partial charge in [0.15, 0.2) is 0 Å². The topological polar surface area (TPSA) is 66.8 Å². The van der Waals surface area contributed by atoms with E-state index in [0.29, 0.717) is 17.7 Å². The Kier molecular flexibility index (Phi) is 4.96. The first kappa shape index (κ1) is 20.9. The maximum atomic E-state index is 14.9. The molecule has 3 aromatic carbocycles. The van der Waals surface area contributed by atoms with Crippen molar-refractivity contribution in [3.8, 4) is 5.75 Å². The summed E-state index contributed by atoms with van der Waals surface area (Å²) in [6, 6.07) is 14.5. The second-order valence-corrected chi connectivity index (χ2v) is 8.13. The molecule has 5 rings (SSSR count). The molecule has 2 aliphatic heterocycles. The molecule has 1 fully saturated rings. The molecule has 166 valence electrons. The summed E-state index contributed by atoms with van der Waals surface area (Å²) in [7, 11) is 0. The molecule has 3 aromatic rings. The number of benzene rings is 3. The number of aliphatic hydroxyl groups is 1. The van der Waals surface area contributed by atoms with Crippen LogP contribution < -0.4 is 9.64 Å². The van der Waals surface area contributed by atoms with E-state index < -0.39 is 35.1 Å². The number of aliphatic hydroxyl groups excluding tert-OH is 1. The fourth-order valence-corrected chi connectivity index (χ4v) is 4.44. The summed E-state index contributed by atoms with van der Waals surface area (Å²) >= 11 is 0. The van der Waals surface area contributed by atoms with Crippen molar-refractivity contribution in [2.75, 3.05) is 4.90 Å². The number of anilines is 1. The molecule has 0 radical (unpaired) electrons. The summed E-state index contributed by atoms with van der Waals surface area (Å²) in [5.74, 6) is -2.97. The number of carbonyl (C=O) groups excluding carboxylic acids is 2. The van der Waals surface area contributed by atoms with Crippen molar-refractivity contribution in [3.63, 3.8) is 0 Å². The average Bonchev–Trinajstić information content (AvgIpc) is 3.29. The van der Waals surface area contributed by atoms with Gasteiger partial charge in [0, 0.05) is 23.2 Å². The zero-order valence-electron chi connectivity index (χ0n) is 17.6. The molecule has 2 aliphatic rings.